The van der Waals surface area contributed by atoms with Crippen molar-refractivity contribution in [2.45, 2.75) is 19.9 Å². The van der Waals surface area contributed by atoms with E-state index in [1.165, 1.54) is 0 Å². The van der Waals surface area contributed by atoms with Gasteiger partial charge in [0.1, 0.15) is 5.82 Å². The van der Waals surface area contributed by atoms with E-state index in [-0.39, 0.29) is 0 Å². The summed E-state index contributed by atoms with van der Waals surface area (Å²) in [6, 6.07) is 4.10. The first-order valence-corrected chi connectivity index (χ1v) is 6.29. The fraction of sp³-hybridized carbons (Fsp3) is 0.500. The molecule has 0 atom stereocenters. The zero-order valence-corrected chi connectivity index (χ0v) is 11.4. The van der Waals surface area contributed by atoms with Crippen molar-refractivity contribution in [2.75, 3.05) is 31.7 Å². The molecule has 0 fully saturated rings. The van der Waals surface area contributed by atoms with E-state index in [1.807, 2.05) is 12.1 Å². The lowest BCUT2D eigenvalue weighted by atomic mass is 10.2. The van der Waals surface area contributed by atoms with Gasteiger partial charge in [0, 0.05) is 32.4 Å². The maximum absolute atomic E-state index is 5.73. The molecule has 1 aromatic heterocycles. The predicted octanol–water partition coefficient (Wildman–Crippen LogP) is 1.74. The van der Waals surface area contributed by atoms with Crippen molar-refractivity contribution >= 4 is 5.82 Å². The maximum atomic E-state index is 5.73. The molecule has 0 radical (unpaired) electrons. The summed E-state index contributed by atoms with van der Waals surface area (Å²) in [6.45, 7) is 8.64. The van der Waals surface area contributed by atoms with Crippen LogP contribution in [0.2, 0.25) is 0 Å². The van der Waals surface area contributed by atoms with Gasteiger partial charge >= 0.3 is 0 Å². The van der Waals surface area contributed by atoms with Crippen molar-refractivity contribution in [1.29, 1.82) is 0 Å². The Morgan fingerprint density at radius 2 is 2.28 bits per heavy atom. The van der Waals surface area contributed by atoms with Crippen molar-refractivity contribution in [2.24, 2.45) is 5.73 Å². The van der Waals surface area contributed by atoms with Crippen molar-refractivity contribution in [3.63, 3.8) is 0 Å². The molecule has 2 N–H and O–H groups in total. The van der Waals surface area contributed by atoms with Crippen LogP contribution in [0.4, 0.5) is 5.82 Å². The highest BCUT2D eigenvalue weighted by Gasteiger charge is 2.08. The van der Waals surface area contributed by atoms with Crippen LogP contribution in [0.25, 0.3) is 0 Å². The molecule has 1 aromatic rings. The van der Waals surface area contributed by atoms with Gasteiger partial charge in [0.05, 0.1) is 6.61 Å². The number of ether oxygens (including phenoxy) is 1. The smallest absolute Gasteiger partial charge is 0.129 e. The molecule has 1 heterocycles. The Morgan fingerprint density at radius 3 is 2.83 bits per heavy atom. The number of methoxy groups -OCH3 is 1. The number of aromatic nitrogens is 1. The standard InChI is InChI=1S/C14H23N3O/c1-4-6-17(7-8-18-3)14-10-12(11-15)9-13(5-2)16-14/h4,9-10H,1,5-8,11,15H2,2-3H3. The molecular weight excluding hydrogens is 226 g/mol. The molecule has 0 aromatic carbocycles. The third-order valence-electron chi connectivity index (χ3n) is 2.76. The highest BCUT2D eigenvalue weighted by Crippen LogP contribution is 2.15. The average Bonchev–Trinajstić information content (AvgIpc) is 2.42. The van der Waals surface area contributed by atoms with Gasteiger partial charge in [-0.3, -0.25) is 0 Å². The number of aryl methyl sites for hydroxylation is 1. The highest BCUT2D eigenvalue weighted by atomic mass is 16.5. The highest BCUT2D eigenvalue weighted by molar-refractivity contribution is 5.43. The summed E-state index contributed by atoms with van der Waals surface area (Å²) < 4.78 is 5.12. The van der Waals surface area contributed by atoms with Crippen molar-refractivity contribution < 1.29 is 4.74 Å². The van der Waals surface area contributed by atoms with E-state index in [0.717, 1.165) is 36.6 Å². The minimum absolute atomic E-state index is 0.536. The summed E-state index contributed by atoms with van der Waals surface area (Å²) in [7, 11) is 1.70. The Kier molecular flexibility index (Phi) is 6.39. The largest absolute Gasteiger partial charge is 0.383 e. The Hall–Kier alpha value is -1.39. The van der Waals surface area contributed by atoms with E-state index in [9.17, 15) is 0 Å². The van der Waals surface area contributed by atoms with Gasteiger partial charge in [-0.05, 0) is 24.1 Å². The van der Waals surface area contributed by atoms with E-state index in [0.29, 0.717) is 13.2 Å². The fourth-order valence-electron chi connectivity index (χ4n) is 1.75. The lowest BCUT2D eigenvalue weighted by Crippen LogP contribution is -2.28. The first-order chi connectivity index (χ1) is 8.74. The first kappa shape index (κ1) is 14.7. The van der Waals surface area contributed by atoms with E-state index >= 15 is 0 Å². The molecule has 0 spiro atoms. The van der Waals surface area contributed by atoms with Crippen LogP contribution in [0.15, 0.2) is 24.8 Å². The molecule has 100 valence electrons. The molecule has 1 rings (SSSR count). The Morgan fingerprint density at radius 1 is 1.50 bits per heavy atom. The fourth-order valence-corrected chi connectivity index (χ4v) is 1.75. The summed E-state index contributed by atoms with van der Waals surface area (Å²) in [5.74, 6) is 0.951. The summed E-state index contributed by atoms with van der Waals surface area (Å²) >= 11 is 0. The van der Waals surface area contributed by atoms with Crippen molar-refractivity contribution in [3.8, 4) is 0 Å². The van der Waals surface area contributed by atoms with Crippen LogP contribution in [0.3, 0.4) is 0 Å². The number of rotatable bonds is 8. The van der Waals surface area contributed by atoms with Crippen LogP contribution in [-0.4, -0.2) is 31.8 Å². The molecule has 18 heavy (non-hydrogen) atoms. The zero-order chi connectivity index (χ0) is 13.4. The third kappa shape index (κ3) is 4.13. The van der Waals surface area contributed by atoms with Crippen molar-refractivity contribution in [1.82, 2.24) is 4.98 Å². The van der Waals surface area contributed by atoms with Crippen LogP contribution >= 0.6 is 0 Å². The minimum Gasteiger partial charge on any atom is -0.383 e. The number of nitrogens with zero attached hydrogens (tertiary/aromatic N) is 2. The Bertz CT molecular complexity index is 357. The number of anilines is 1. The maximum Gasteiger partial charge on any atom is 0.129 e. The molecule has 0 unspecified atom stereocenters. The molecular formula is C14H23N3O. The number of nitrogens with two attached hydrogens (primary N) is 1. The first-order valence-electron chi connectivity index (χ1n) is 6.29. The van der Waals surface area contributed by atoms with Crippen LogP contribution in [-0.2, 0) is 17.7 Å². The van der Waals surface area contributed by atoms with Crippen LogP contribution < -0.4 is 10.6 Å². The summed E-state index contributed by atoms with van der Waals surface area (Å²) in [5, 5.41) is 0. The van der Waals surface area contributed by atoms with Gasteiger partial charge in [0.25, 0.3) is 0 Å². The Labute approximate surface area is 109 Å². The lowest BCUT2D eigenvalue weighted by Gasteiger charge is -2.23. The van der Waals surface area contributed by atoms with E-state index < -0.39 is 0 Å². The van der Waals surface area contributed by atoms with Gasteiger partial charge in [0.2, 0.25) is 0 Å². The minimum atomic E-state index is 0.536. The second-order valence-corrected chi connectivity index (χ2v) is 4.11. The van der Waals surface area contributed by atoms with Gasteiger partial charge in [0.15, 0.2) is 0 Å². The number of hydrogen-bond acceptors (Lipinski definition) is 4. The van der Waals surface area contributed by atoms with Gasteiger partial charge in [-0.2, -0.15) is 0 Å². The Balaban J connectivity index is 2.97. The molecule has 0 aliphatic carbocycles. The molecule has 4 heteroatoms. The van der Waals surface area contributed by atoms with Gasteiger partial charge < -0.3 is 15.4 Å². The molecule has 0 aliphatic heterocycles. The molecule has 0 amide bonds. The van der Waals surface area contributed by atoms with Crippen LogP contribution in [0.5, 0.6) is 0 Å². The molecule has 0 saturated heterocycles. The summed E-state index contributed by atoms with van der Waals surface area (Å²) in [4.78, 5) is 6.79. The normalized spacial score (nSPS) is 10.4. The monoisotopic (exact) mass is 249 g/mol. The molecule has 4 nitrogen and oxygen atoms in total. The number of hydrogen-bond donors (Lipinski definition) is 1. The molecule has 0 bridgehead atoms. The third-order valence-corrected chi connectivity index (χ3v) is 2.76. The second-order valence-electron chi connectivity index (χ2n) is 4.11. The van der Waals surface area contributed by atoms with Crippen LogP contribution in [0, 0.1) is 0 Å². The quantitative estimate of drug-likeness (QED) is 0.713. The summed E-state index contributed by atoms with van der Waals surface area (Å²) in [5.41, 5.74) is 7.91. The molecule has 0 aliphatic rings. The molecule has 0 saturated carbocycles. The zero-order valence-electron chi connectivity index (χ0n) is 11.4. The van der Waals surface area contributed by atoms with E-state index in [4.69, 9.17) is 10.5 Å². The predicted molar refractivity (Wildman–Crippen MR) is 75.8 cm³/mol. The summed E-state index contributed by atoms with van der Waals surface area (Å²) in [6.07, 6.45) is 2.78. The second kappa shape index (κ2) is 7.84. The topological polar surface area (TPSA) is 51.4 Å². The van der Waals surface area contributed by atoms with Crippen LogP contribution in [0.1, 0.15) is 18.2 Å². The van der Waals surface area contributed by atoms with Gasteiger partial charge in [-0.1, -0.05) is 13.0 Å². The van der Waals surface area contributed by atoms with Gasteiger partial charge in [-0.25, -0.2) is 4.98 Å². The van der Waals surface area contributed by atoms with E-state index in [1.54, 1.807) is 7.11 Å². The van der Waals surface area contributed by atoms with Gasteiger partial charge in [-0.15, -0.1) is 6.58 Å². The SMILES string of the molecule is C=CCN(CCOC)c1cc(CN)cc(CC)n1. The van der Waals surface area contributed by atoms with Crippen molar-refractivity contribution in [3.05, 3.63) is 36.0 Å². The van der Waals surface area contributed by atoms with E-state index in [2.05, 4.69) is 29.5 Å². The average molecular weight is 249 g/mol. The lowest BCUT2D eigenvalue weighted by molar-refractivity contribution is 0.205. The number of pyridine rings is 1.